The summed E-state index contributed by atoms with van der Waals surface area (Å²) in [5.41, 5.74) is 11.1. The highest BCUT2D eigenvalue weighted by molar-refractivity contribution is 7.91. The van der Waals surface area contributed by atoms with Gasteiger partial charge in [-0.15, -0.1) is 0 Å². The van der Waals surface area contributed by atoms with E-state index in [2.05, 4.69) is 29.2 Å². The summed E-state index contributed by atoms with van der Waals surface area (Å²) >= 11 is 0. The summed E-state index contributed by atoms with van der Waals surface area (Å²) in [6, 6.07) is 58.9. The van der Waals surface area contributed by atoms with Crippen molar-refractivity contribution in [2.24, 2.45) is 0 Å². The molecular formula is C50H32N4O2S. The van der Waals surface area contributed by atoms with E-state index in [9.17, 15) is 8.42 Å². The molecule has 0 spiro atoms. The fourth-order valence-corrected chi connectivity index (χ4v) is 9.40. The Hall–Kier alpha value is -7.35. The summed E-state index contributed by atoms with van der Waals surface area (Å²) in [6.07, 6.45) is 3.60. The van der Waals surface area contributed by atoms with E-state index < -0.39 is 9.84 Å². The molecule has 0 bridgehead atoms. The molecule has 0 saturated heterocycles. The Kier molecular flexibility index (Phi) is 8.42. The van der Waals surface area contributed by atoms with E-state index in [0.29, 0.717) is 28.6 Å². The van der Waals surface area contributed by atoms with Crippen LogP contribution in [0.15, 0.2) is 204 Å². The van der Waals surface area contributed by atoms with Crippen LogP contribution >= 0.6 is 0 Å². The molecule has 9 aromatic rings. The van der Waals surface area contributed by atoms with Gasteiger partial charge in [0.15, 0.2) is 17.5 Å². The molecule has 0 radical (unpaired) electrons. The maximum Gasteiger partial charge on any atom is 0.207 e. The highest BCUT2D eigenvalue weighted by Crippen LogP contribution is 2.47. The minimum absolute atomic E-state index is 0.225. The minimum Gasteiger partial charge on any atom is -0.264 e. The lowest BCUT2D eigenvalue weighted by atomic mass is 9.86. The van der Waals surface area contributed by atoms with Gasteiger partial charge in [-0.25, -0.2) is 23.4 Å². The molecule has 57 heavy (non-hydrogen) atoms. The summed E-state index contributed by atoms with van der Waals surface area (Å²) in [7, 11) is -4.02. The SMILES string of the molecule is O=S1(=O)c2ccccc2-c2ccccc2-c2ccccc2-c2ccc(-c3nc(-c4ccccc4)nc(-c4ccc(-c5cccnc5)cc4)n3)cc2-c2ccccc21. The van der Waals surface area contributed by atoms with Gasteiger partial charge in [-0.1, -0.05) is 158 Å². The van der Waals surface area contributed by atoms with Gasteiger partial charge in [-0.05, 0) is 68.8 Å². The number of hydrogen-bond acceptors (Lipinski definition) is 6. The first-order valence-electron chi connectivity index (χ1n) is 18.6. The van der Waals surface area contributed by atoms with Crippen LogP contribution in [0.5, 0.6) is 0 Å². The number of hydrogen-bond donors (Lipinski definition) is 0. The third kappa shape index (κ3) is 6.11. The van der Waals surface area contributed by atoms with Crippen molar-refractivity contribution in [2.75, 3.05) is 0 Å². The summed E-state index contributed by atoms with van der Waals surface area (Å²) in [5, 5.41) is 0. The molecule has 2 aromatic heterocycles. The first-order valence-corrected chi connectivity index (χ1v) is 20.1. The van der Waals surface area contributed by atoms with E-state index in [1.165, 1.54) is 0 Å². The molecule has 0 atom stereocenters. The minimum atomic E-state index is -4.02. The topological polar surface area (TPSA) is 85.7 Å². The zero-order chi connectivity index (χ0) is 38.3. The van der Waals surface area contributed by atoms with Crippen LogP contribution in [-0.4, -0.2) is 28.4 Å². The van der Waals surface area contributed by atoms with E-state index in [1.807, 2.05) is 140 Å². The lowest BCUT2D eigenvalue weighted by Gasteiger charge is -2.18. The van der Waals surface area contributed by atoms with Crippen LogP contribution < -0.4 is 0 Å². The van der Waals surface area contributed by atoms with E-state index in [-0.39, 0.29) is 9.79 Å². The Bertz CT molecular complexity index is 3080. The van der Waals surface area contributed by atoms with E-state index in [1.54, 1.807) is 30.5 Å². The van der Waals surface area contributed by atoms with Crippen LogP contribution in [0.25, 0.3) is 89.8 Å². The van der Waals surface area contributed by atoms with Crippen LogP contribution in [0, 0.1) is 0 Å². The van der Waals surface area contributed by atoms with E-state index in [0.717, 1.165) is 61.2 Å². The molecule has 3 heterocycles. The predicted molar refractivity (Wildman–Crippen MR) is 227 cm³/mol. The number of aromatic nitrogens is 4. The number of rotatable bonds is 4. The quantitative estimate of drug-likeness (QED) is 0.178. The van der Waals surface area contributed by atoms with Crippen LogP contribution in [0.1, 0.15) is 0 Å². The van der Waals surface area contributed by atoms with Gasteiger partial charge in [0, 0.05) is 40.2 Å². The van der Waals surface area contributed by atoms with Crippen molar-refractivity contribution < 1.29 is 8.42 Å². The highest BCUT2D eigenvalue weighted by atomic mass is 32.2. The molecule has 0 N–H and O–H groups in total. The molecule has 1 aliphatic rings. The standard InChI is InChI=1S/C50H32N4O2S/c55-57(56)46-22-10-8-20-43(46)41-19-7-6-17-39(41)38-16-4-5-18-40(38)42-29-28-36(31-45(42)44-21-9-11-23-47(44)57)50-53-48(34-13-2-1-3-14-34)52-49(54-50)35-26-24-33(25-27-35)37-15-12-30-51-32-37/h1-32H. The smallest absolute Gasteiger partial charge is 0.207 e. The van der Waals surface area contributed by atoms with Gasteiger partial charge >= 0.3 is 0 Å². The van der Waals surface area contributed by atoms with Gasteiger partial charge in [0.1, 0.15) is 0 Å². The normalized spacial score (nSPS) is 12.5. The maximum atomic E-state index is 15.0. The number of pyridine rings is 1. The van der Waals surface area contributed by atoms with Crippen molar-refractivity contribution in [2.45, 2.75) is 9.79 Å². The van der Waals surface area contributed by atoms with Crippen molar-refractivity contribution in [1.82, 2.24) is 19.9 Å². The first-order chi connectivity index (χ1) is 28.0. The monoisotopic (exact) mass is 752 g/mol. The summed E-state index contributed by atoms with van der Waals surface area (Å²) in [5.74, 6) is 1.52. The molecule has 0 aliphatic carbocycles. The molecule has 270 valence electrons. The zero-order valence-corrected chi connectivity index (χ0v) is 31.3. The van der Waals surface area contributed by atoms with Crippen molar-refractivity contribution in [1.29, 1.82) is 0 Å². The van der Waals surface area contributed by atoms with Gasteiger partial charge < -0.3 is 0 Å². The molecule has 7 aromatic carbocycles. The number of nitrogens with zero attached hydrogens (tertiary/aromatic N) is 4. The van der Waals surface area contributed by atoms with Crippen molar-refractivity contribution >= 4 is 9.84 Å². The molecule has 0 saturated carbocycles. The van der Waals surface area contributed by atoms with E-state index in [4.69, 9.17) is 15.0 Å². The van der Waals surface area contributed by atoms with Crippen molar-refractivity contribution in [3.63, 3.8) is 0 Å². The fourth-order valence-electron chi connectivity index (χ4n) is 7.71. The lowest BCUT2D eigenvalue weighted by molar-refractivity contribution is 0.596. The van der Waals surface area contributed by atoms with E-state index >= 15 is 0 Å². The Morgan fingerprint density at radius 1 is 0.316 bits per heavy atom. The predicted octanol–water partition coefficient (Wildman–Crippen LogP) is 11.7. The van der Waals surface area contributed by atoms with Crippen LogP contribution in [0.3, 0.4) is 0 Å². The lowest BCUT2D eigenvalue weighted by Crippen LogP contribution is -2.06. The average Bonchev–Trinajstić information content (AvgIpc) is 3.30. The molecule has 0 unspecified atom stereocenters. The third-order valence-electron chi connectivity index (χ3n) is 10.5. The Labute approximate surface area is 330 Å². The molecule has 0 fully saturated rings. The average molecular weight is 753 g/mol. The second-order valence-corrected chi connectivity index (χ2v) is 15.7. The summed E-state index contributed by atoms with van der Waals surface area (Å²) < 4.78 is 29.9. The summed E-state index contributed by atoms with van der Waals surface area (Å²) in [6.45, 7) is 0. The van der Waals surface area contributed by atoms with Crippen LogP contribution in [-0.2, 0) is 9.84 Å². The first kappa shape index (κ1) is 34.2. The molecule has 7 heteroatoms. The fraction of sp³-hybridized carbons (Fsp3) is 0. The molecule has 6 nitrogen and oxygen atoms in total. The van der Waals surface area contributed by atoms with Crippen LogP contribution in [0.4, 0.5) is 0 Å². The third-order valence-corrected chi connectivity index (χ3v) is 12.3. The molecule has 10 rings (SSSR count). The van der Waals surface area contributed by atoms with Crippen molar-refractivity contribution in [3.8, 4) is 89.8 Å². The van der Waals surface area contributed by atoms with Gasteiger partial charge in [0.25, 0.3) is 0 Å². The van der Waals surface area contributed by atoms with Gasteiger partial charge in [-0.3, -0.25) is 4.98 Å². The second-order valence-electron chi connectivity index (χ2n) is 13.8. The number of fused-ring (bicyclic) bond motifs is 9. The van der Waals surface area contributed by atoms with Gasteiger partial charge in [0.2, 0.25) is 9.84 Å². The zero-order valence-electron chi connectivity index (χ0n) is 30.5. The Balaban J connectivity index is 1.22. The van der Waals surface area contributed by atoms with Gasteiger partial charge in [-0.2, -0.15) is 0 Å². The number of benzene rings is 7. The largest absolute Gasteiger partial charge is 0.264 e. The molecule has 0 amide bonds. The van der Waals surface area contributed by atoms with Crippen molar-refractivity contribution in [3.05, 3.63) is 194 Å². The van der Waals surface area contributed by atoms with Gasteiger partial charge in [0.05, 0.1) is 9.79 Å². The maximum absolute atomic E-state index is 15.0. The molecule has 1 aliphatic heterocycles. The number of sulfone groups is 1. The summed E-state index contributed by atoms with van der Waals surface area (Å²) in [4.78, 5) is 19.8. The van der Waals surface area contributed by atoms with Crippen LogP contribution in [0.2, 0.25) is 0 Å². The molecular weight excluding hydrogens is 721 g/mol. The second kappa shape index (κ2) is 14.1. The Morgan fingerprint density at radius 3 is 1.28 bits per heavy atom. The Morgan fingerprint density at radius 2 is 0.719 bits per heavy atom. The highest BCUT2D eigenvalue weighted by Gasteiger charge is 2.29.